The summed E-state index contributed by atoms with van der Waals surface area (Å²) in [6.07, 6.45) is 0.672. The summed E-state index contributed by atoms with van der Waals surface area (Å²) < 4.78 is 0. The van der Waals surface area contributed by atoms with E-state index >= 15 is 0 Å². The molecule has 124 valence electrons. The van der Waals surface area contributed by atoms with Crippen LogP contribution in [0, 0.1) is 5.92 Å². The van der Waals surface area contributed by atoms with Gasteiger partial charge in [0.25, 0.3) is 5.91 Å². The van der Waals surface area contributed by atoms with E-state index in [0.717, 1.165) is 5.56 Å². The Bertz CT molecular complexity index is 504. The number of amides is 2. The van der Waals surface area contributed by atoms with E-state index in [-0.39, 0.29) is 30.1 Å². The van der Waals surface area contributed by atoms with Crippen LogP contribution in [0.25, 0.3) is 0 Å². The zero-order valence-corrected chi connectivity index (χ0v) is 14.4. The predicted molar refractivity (Wildman–Crippen MR) is 91.2 cm³/mol. The highest BCUT2D eigenvalue weighted by molar-refractivity contribution is 5.94. The first-order valence-electron chi connectivity index (χ1n) is 7.16. The Kier molecular flexibility index (Phi) is 8.75. The second-order valence-corrected chi connectivity index (χ2v) is 5.71. The van der Waals surface area contributed by atoms with Crippen LogP contribution in [-0.2, 0) is 11.2 Å². The minimum atomic E-state index is -0.480. The molecule has 0 aliphatic heterocycles. The highest BCUT2D eigenvalue weighted by Crippen LogP contribution is 2.08. The molecule has 6 heteroatoms. The van der Waals surface area contributed by atoms with Gasteiger partial charge in [-0.1, -0.05) is 26.0 Å². The van der Waals surface area contributed by atoms with Crippen LogP contribution < -0.4 is 11.1 Å². The fourth-order valence-corrected chi connectivity index (χ4v) is 1.87. The van der Waals surface area contributed by atoms with Gasteiger partial charge in [0, 0.05) is 26.2 Å². The minimum Gasteiger partial charge on any atom is -0.354 e. The summed E-state index contributed by atoms with van der Waals surface area (Å²) >= 11 is 0. The number of carbonyl (C=O) groups is 2. The molecule has 0 spiro atoms. The Hall–Kier alpha value is -1.59. The van der Waals surface area contributed by atoms with Crippen molar-refractivity contribution in [3.05, 3.63) is 35.4 Å². The lowest BCUT2D eigenvalue weighted by Gasteiger charge is -2.15. The van der Waals surface area contributed by atoms with Gasteiger partial charge < -0.3 is 16.0 Å². The third-order valence-electron chi connectivity index (χ3n) is 3.31. The van der Waals surface area contributed by atoms with Crippen LogP contribution in [0.2, 0.25) is 0 Å². The molecular weight excluding hydrogens is 302 g/mol. The van der Waals surface area contributed by atoms with Crippen molar-refractivity contribution in [1.29, 1.82) is 0 Å². The number of hydrogen-bond donors (Lipinski definition) is 2. The van der Waals surface area contributed by atoms with E-state index in [0.29, 0.717) is 18.5 Å². The van der Waals surface area contributed by atoms with E-state index < -0.39 is 6.04 Å². The maximum atomic E-state index is 11.9. The topological polar surface area (TPSA) is 75.4 Å². The Morgan fingerprint density at radius 1 is 1.27 bits per heavy atom. The molecule has 0 aliphatic rings. The molecule has 0 aromatic heterocycles. The molecule has 1 atom stereocenters. The fourth-order valence-electron chi connectivity index (χ4n) is 1.87. The van der Waals surface area contributed by atoms with Gasteiger partial charge in [-0.05, 0) is 30.0 Å². The van der Waals surface area contributed by atoms with Gasteiger partial charge in [0.1, 0.15) is 0 Å². The number of benzene rings is 1. The number of rotatable bonds is 6. The number of nitrogens with zero attached hydrogens (tertiary/aromatic N) is 1. The molecule has 0 fully saturated rings. The van der Waals surface area contributed by atoms with E-state index in [1.54, 1.807) is 25.1 Å². The maximum absolute atomic E-state index is 11.9. The molecule has 0 unspecified atom stereocenters. The summed E-state index contributed by atoms with van der Waals surface area (Å²) in [5.74, 6) is -0.0423. The van der Waals surface area contributed by atoms with Gasteiger partial charge in [0.15, 0.2) is 0 Å². The Morgan fingerprint density at radius 2 is 1.91 bits per heavy atom. The molecule has 22 heavy (non-hydrogen) atoms. The molecular formula is C16H26ClN3O2. The first-order valence-corrected chi connectivity index (χ1v) is 7.16. The van der Waals surface area contributed by atoms with Crippen LogP contribution in [0.4, 0.5) is 0 Å². The van der Waals surface area contributed by atoms with E-state index in [2.05, 4.69) is 5.32 Å². The highest BCUT2D eigenvalue weighted by Gasteiger charge is 2.16. The van der Waals surface area contributed by atoms with Gasteiger partial charge in [-0.15, -0.1) is 12.4 Å². The standard InChI is InChI=1S/C16H25N3O2.ClH/c1-11(2)14(17)15(20)18-9-8-12-6-5-7-13(10-12)16(21)19(3)4;/h5-7,10-11,14H,8-9,17H2,1-4H3,(H,18,20);1H/t14-;/m0./s1. The van der Waals surface area contributed by atoms with Crippen LogP contribution in [0.1, 0.15) is 29.8 Å². The largest absolute Gasteiger partial charge is 0.354 e. The number of carbonyl (C=O) groups excluding carboxylic acids is 2. The van der Waals surface area contributed by atoms with E-state index in [4.69, 9.17) is 5.73 Å². The second-order valence-electron chi connectivity index (χ2n) is 5.71. The number of hydrogen-bond acceptors (Lipinski definition) is 3. The van der Waals surface area contributed by atoms with Gasteiger partial charge in [0.05, 0.1) is 6.04 Å². The predicted octanol–water partition coefficient (Wildman–Crippen LogP) is 1.45. The summed E-state index contributed by atoms with van der Waals surface area (Å²) in [6.45, 7) is 4.35. The minimum absolute atomic E-state index is 0. The van der Waals surface area contributed by atoms with Crippen LogP contribution in [0.5, 0.6) is 0 Å². The molecule has 1 aromatic carbocycles. The lowest BCUT2D eigenvalue weighted by Crippen LogP contribution is -2.44. The van der Waals surface area contributed by atoms with Crippen molar-refractivity contribution < 1.29 is 9.59 Å². The average molecular weight is 328 g/mol. The molecule has 0 saturated heterocycles. The molecule has 0 heterocycles. The van der Waals surface area contributed by atoms with Crippen LogP contribution in [0.3, 0.4) is 0 Å². The van der Waals surface area contributed by atoms with Crippen molar-refractivity contribution in [3.63, 3.8) is 0 Å². The summed E-state index contributed by atoms with van der Waals surface area (Å²) in [7, 11) is 3.45. The second kappa shape index (κ2) is 9.43. The number of nitrogens with one attached hydrogen (secondary N) is 1. The summed E-state index contributed by atoms with van der Waals surface area (Å²) in [4.78, 5) is 25.2. The lowest BCUT2D eigenvalue weighted by molar-refractivity contribution is -0.123. The smallest absolute Gasteiger partial charge is 0.253 e. The summed E-state index contributed by atoms with van der Waals surface area (Å²) in [5.41, 5.74) is 7.44. The molecule has 3 N–H and O–H groups in total. The quantitative estimate of drug-likeness (QED) is 0.830. The molecule has 2 amide bonds. The van der Waals surface area contributed by atoms with E-state index in [1.165, 1.54) is 0 Å². The van der Waals surface area contributed by atoms with Gasteiger partial charge >= 0.3 is 0 Å². The van der Waals surface area contributed by atoms with Crippen molar-refractivity contribution in [1.82, 2.24) is 10.2 Å². The normalized spacial score (nSPS) is 11.5. The molecule has 0 aliphatic carbocycles. The Balaban J connectivity index is 0.00000441. The van der Waals surface area contributed by atoms with Crippen LogP contribution >= 0.6 is 12.4 Å². The van der Waals surface area contributed by atoms with Gasteiger partial charge in [0.2, 0.25) is 5.91 Å². The average Bonchev–Trinajstić information content (AvgIpc) is 2.45. The molecule has 1 aromatic rings. The molecule has 0 saturated carbocycles. The molecule has 0 radical (unpaired) electrons. The molecule has 1 rings (SSSR count). The van der Waals surface area contributed by atoms with Crippen molar-refractivity contribution in [3.8, 4) is 0 Å². The van der Waals surface area contributed by atoms with Gasteiger partial charge in [-0.3, -0.25) is 9.59 Å². The first-order chi connectivity index (χ1) is 9.82. The van der Waals surface area contributed by atoms with Crippen LogP contribution in [0.15, 0.2) is 24.3 Å². The van der Waals surface area contributed by atoms with Crippen molar-refractivity contribution in [2.45, 2.75) is 26.3 Å². The van der Waals surface area contributed by atoms with Gasteiger partial charge in [-0.25, -0.2) is 0 Å². The van der Waals surface area contributed by atoms with E-state index in [9.17, 15) is 9.59 Å². The van der Waals surface area contributed by atoms with Crippen molar-refractivity contribution >= 4 is 24.2 Å². The SMILES string of the molecule is CC(C)[C@H](N)C(=O)NCCc1cccc(C(=O)N(C)C)c1.Cl. The third-order valence-corrected chi connectivity index (χ3v) is 3.31. The monoisotopic (exact) mass is 327 g/mol. The van der Waals surface area contributed by atoms with Crippen molar-refractivity contribution in [2.24, 2.45) is 11.7 Å². The first kappa shape index (κ1) is 20.4. The highest BCUT2D eigenvalue weighted by atomic mass is 35.5. The Morgan fingerprint density at radius 3 is 2.45 bits per heavy atom. The Labute approximate surface area is 138 Å². The number of nitrogens with two attached hydrogens (primary N) is 1. The zero-order valence-electron chi connectivity index (χ0n) is 13.6. The van der Waals surface area contributed by atoms with Crippen molar-refractivity contribution in [2.75, 3.05) is 20.6 Å². The van der Waals surface area contributed by atoms with E-state index in [1.807, 2.05) is 32.0 Å². The molecule has 5 nitrogen and oxygen atoms in total. The summed E-state index contributed by atoms with van der Waals surface area (Å²) in [6, 6.07) is 6.97. The fraction of sp³-hybridized carbons (Fsp3) is 0.500. The lowest BCUT2D eigenvalue weighted by atomic mass is 10.0. The number of halogens is 1. The van der Waals surface area contributed by atoms with Crippen LogP contribution in [-0.4, -0.2) is 43.4 Å². The maximum Gasteiger partial charge on any atom is 0.253 e. The third kappa shape index (κ3) is 6.03. The summed E-state index contributed by atoms with van der Waals surface area (Å²) in [5, 5.41) is 2.82. The molecule has 0 bridgehead atoms. The zero-order chi connectivity index (χ0) is 16.0. The van der Waals surface area contributed by atoms with Gasteiger partial charge in [-0.2, -0.15) is 0 Å².